The van der Waals surface area contributed by atoms with Crippen LogP contribution in [0.4, 0.5) is 0 Å². The van der Waals surface area contributed by atoms with E-state index in [4.69, 9.17) is 14.2 Å². The van der Waals surface area contributed by atoms with Gasteiger partial charge in [-0.1, -0.05) is 265 Å². The van der Waals surface area contributed by atoms with Gasteiger partial charge in [-0.15, -0.1) is 0 Å². The van der Waals surface area contributed by atoms with Gasteiger partial charge in [0.2, 0.25) is 0 Å². The first-order valence-electron chi connectivity index (χ1n) is 30.4. The number of ether oxygens (including phenoxy) is 3. The minimum absolute atomic E-state index is 0.0835. The number of esters is 3. The number of hydrogen-bond donors (Lipinski definition) is 0. The Morgan fingerprint density at radius 1 is 0.288 bits per heavy atom. The molecule has 0 aliphatic heterocycles. The molecule has 1 unspecified atom stereocenters. The lowest BCUT2D eigenvalue weighted by Crippen LogP contribution is -2.30. The second-order valence-corrected chi connectivity index (χ2v) is 19.9. The van der Waals surface area contributed by atoms with Gasteiger partial charge in [0.25, 0.3) is 0 Å². The van der Waals surface area contributed by atoms with Crippen LogP contribution >= 0.6 is 0 Å². The van der Waals surface area contributed by atoms with Crippen molar-refractivity contribution >= 4 is 17.9 Å². The lowest BCUT2D eigenvalue weighted by atomic mass is 10.1. The van der Waals surface area contributed by atoms with Crippen molar-refractivity contribution in [3.63, 3.8) is 0 Å². The molecule has 0 heterocycles. The molecule has 0 aromatic heterocycles. The van der Waals surface area contributed by atoms with E-state index >= 15 is 0 Å². The Hall–Kier alpha value is -3.93. The van der Waals surface area contributed by atoms with E-state index in [0.717, 1.165) is 128 Å². The van der Waals surface area contributed by atoms with Crippen molar-refractivity contribution in [1.82, 2.24) is 0 Å². The van der Waals surface area contributed by atoms with Gasteiger partial charge in [-0.2, -0.15) is 0 Å². The van der Waals surface area contributed by atoms with Crippen LogP contribution in [-0.4, -0.2) is 37.2 Å². The Morgan fingerprint density at radius 3 is 0.836 bits per heavy atom. The molecule has 0 spiro atoms. The molecule has 0 aromatic rings. The van der Waals surface area contributed by atoms with Crippen LogP contribution in [-0.2, 0) is 28.6 Å². The summed E-state index contributed by atoms with van der Waals surface area (Å²) < 4.78 is 16.9. The highest BCUT2D eigenvalue weighted by Gasteiger charge is 2.19. The van der Waals surface area contributed by atoms with E-state index in [2.05, 4.69) is 130 Å². The maximum atomic E-state index is 12.9. The second kappa shape index (κ2) is 60.6. The van der Waals surface area contributed by atoms with Gasteiger partial charge in [-0.05, 0) is 103 Å². The summed E-state index contributed by atoms with van der Waals surface area (Å²) in [5.74, 6) is -0.899. The molecule has 0 aliphatic carbocycles. The van der Waals surface area contributed by atoms with Crippen molar-refractivity contribution in [1.29, 1.82) is 0 Å². The van der Waals surface area contributed by atoms with Crippen LogP contribution in [0.3, 0.4) is 0 Å². The quantitative estimate of drug-likeness (QED) is 0.0261. The number of hydrogen-bond acceptors (Lipinski definition) is 6. The summed E-state index contributed by atoms with van der Waals surface area (Å²) in [6.45, 7) is 6.40. The van der Waals surface area contributed by atoms with E-state index in [1.807, 2.05) is 0 Å². The minimum atomic E-state index is -0.787. The predicted molar refractivity (Wildman–Crippen MR) is 316 cm³/mol. The summed E-state index contributed by atoms with van der Waals surface area (Å²) in [6, 6.07) is 0. The number of carbonyl (C=O) groups excluding carboxylic acids is 3. The number of unbranched alkanes of at least 4 members (excludes halogenated alkanes) is 25. The van der Waals surface area contributed by atoms with Crippen molar-refractivity contribution < 1.29 is 28.6 Å². The van der Waals surface area contributed by atoms with E-state index in [9.17, 15) is 14.4 Å². The molecule has 0 aliphatic rings. The van der Waals surface area contributed by atoms with Crippen LogP contribution in [0, 0.1) is 0 Å². The van der Waals surface area contributed by atoms with E-state index in [1.165, 1.54) is 109 Å². The molecule has 6 nitrogen and oxygen atoms in total. The van der Waals surface area contributed by atoms with E-state index in [0.29, 0.717) is 19.3 Å². The van der Waals surface area contributed by atoms with Crippen LogP contribution in [0.15, 0.2) is 109 Å². The first-order valence-corrected chi connectivity index (χ1v) is 30.4. The normalized spacial score (nSPS) is 12.9. The summed E-state index contributed by atoms with van der Waals surface area (Å²) >= 11 is 0. The molecule has 416 valence electrons. The molecular weight excluding hydrogens is 901 g/mol. The van der Waals surface area contributed by atoms with Crippen LogP contribution in [0.25, 0.3) is 0 Å². The molecule has 1 atom stereocenters. The summed E-state index contributed by atoms with van der Waals surface area (Å²) in [4.78, 5) is 38.2. The van der Waals surface area contributed by atoms with Gasteiger partial charge in [-0.25, -0.2) is 0 Å². The maximum absolute atomic E-state index is 12.9. The van der Waals surface area contributed by atoms with Crippen molar-refractivity contribution in [3.05, 3.63) is 109 Å². The monoisotopic (exact) mass is 1010 g/mol. The van der Waals surface area contributed by atoms with Gasteiger partial charge < -0.3 is 14.2 Å². The fourth-order valence-corrected chi connectivity index (χ4v) is 8.28. The second-order valence-electron chi connectivity index (χ2n) is 19.9. The lowest BCUT2D eigenvalue weighted by Gasteiger charge is -2.18. The highest BCUT2D eigenvalue weighted by atomic mass is 16.6. The molecule has 0 rings (SSSR count). The lowest BCUT2D eigenvalue weighted by molar-refractivity contribution is -0.167. The Kier molecular flexibility index (Phi) is 57.4. The van der Waals surface area contributed by atoms with Gasteiger partial charge >= 0.3 is 17.9 Å². The molecule has 0 radical (unpaired) electrons. The number of allylic oxidation sites excluding steroid dienone is 18. The minimum Gasteiger partial charge on any atom is -0.462 e. The Bertz CT molecular complexity index is 1490. The third-order valence-corrected chi connectivity index (χ3v) is 12.8. The fraction of sp³-hybridized carbons (Fsp3) is 0.687. The Labute approximate surface area is 450 Å². The smallest absolute Gasteiger partial charge is 0.306 e. The van der Waals surface area contributed by atoms with E-state index in [1.54, 1.807) is 0 Å². The average molecular weight is 1010 g/mol. The molecule has 0 aromatic carbocycles. The first kappa shape index (κ1) is 69.1. The van der Waals surface area contributed by atoms with E-state index < -0.39 is 6.10 Å². The molecule has 0 saturated carbocycles. The topological polar surface area (TPSA) is 78.9 Å². The zero-order chi connectivity index (χ0) is 52.9. The molecule has 0 fully saturated rings. The van der Waals surface area contributed by atoms with Crippen LogP contribution in [0.5, 0.6) is 0 Å². The van der Waals surface area contributed by atoms with Gasteiger partial charge in [-0.3, -0.25) is 14.4 Å². The van der Waals surface area contributed by atoms with Crippen molar-refractivity contribution in [2.45, 2.75) is 284 Å². The summed E-state index contributed by atoms with van der Waals surface area (Å²) in [5, 5.41) is 0. The first-order chi connectivity index (χ1) is 36.0. The van der Waals surface area contributed by atoms with Crippen molar-refractivity contribution in [2.24, 2.45) is 0 Å². The largest absolute Gasteiger partial charge is 0.462 e. The molecule has 0 N–H and O–H groups in total. The highest BCUT2D eigenvalue weighted by Crippen LogP contribution is 2.15. The summed E-state index contributed by atoms with van der Waals surface area (Å²) in [5.41, 5.74) is 0. The average Bonchev–Trinajstić information content (AvgIpc) is 3.39. The summed E-state index contributed by atoms with van der Waals surface area (Å²) in [7, 11) is 0. The molecule has 0 saturated heterocycles. The number of rotatable bonds is 54. The van der Waals surface area contributed by atoms with Gasteiger partial charge in [0.05, 0.1) is 0 Å². The zero-order valence-corrected chi connectivity index (χ0v) is 47.6. The Balaban J connectivity index is 4.31. The maximum Gasteiger partial charge on any atom is 0.306 e. The highest BCUT2D eigenvalue weighted by molar-refractivity contribution is 5.71. The van der Waals surface area contributed by atoms with Gasteiger partial charge in [0.15, 0.2) is 6.10 Å². The van der Waals surface area contributed by atoms with Gasteiger partial charge in [0, 0.05) is 19.3 Å². The van der Waals surface area contributed by atoms with Gasteiger partial charge in [0.1, 0.15) is 13.2 Å². The third kappa shape index (κ3) is 58.8. The zero-order valence-electron chi connectivity index (χ0n) is 47.6. The summed E-state index contributed by atoms with van der Waals surface area (Å²) in [6.07, 6.45) is 82.3. The standard InChI is InChI=1S/C67H112O6/c1-4-7-10-13-16-19-22-24-26-28-29-30-31-32-33-34-35-36-37-39-40-42-45-48-51-54-57-60-66(69)72-63-64(62-71-65(68)59-56-53-50-47-44-21-18-15-12-9-6-3)73-67(70)61-58-55-52-49-46-43-41-38-27-25-23-20-17-14-11-8-5-2/h7-8,10-11,16-17,19-20,24-27,29-30,32-33,35-36,64H,4-6,9,12-15,18,21-23,28,31,34,37-63H2,1-3H3/b10-7-,11-8-,19-16-,20-17-,26-24-,27-25-,30-29-,33-32-,36-35-. The molecule has 73 heavy (non-hydrogen) atoms. The molecule has 0 bridgehead atoms. The Morgan fingerprint density at radius 2 is 0.534 bits per heavy atom. The fourth-order valence-electron chi connectivity index (χ4n) is 8.28. The third-order valence-electron chi connectivity index (χ3n) is 12.8. The van der Waals surface area contributed by atoms with Crippen LogP contribution in [0.1, 0.15) is 278 Å². The molecule has 0 amide bonds. The number of carbonyl (C=O) groups is 3. The van der Waals surface area contributed by atoms with Crippen LogP contribution in [0.2, 0.25) is 0 Å². The van der Waals surface area contributed by atoms with Crippen molar-refractivity contribution in [2.75, 3.05) is 13.2 Å². The SMILES string of the molecule is CC/C=C\C/C=C\C/C=C\C/C=C\C/C=C\C/C=C\CCCCCCCCCCC(=O)OCC(COC(=O)CCCCCCCCCCCCC)OC(=O)CCCCCCCCC/C=C\C/C=C\C/C=C\CC. The molecule has 6 heteroatoms. The van der Waals surface area contributed by atoms with Crippen molar-refractivity contribution in [3.8, 4) is 0 Å². The van der Waals surface area contributed by atoms with E-state index in [-0.39, 0.29) is 31.1 Å². The molecular formula is C67H112O6. The van der Waals surface area contributed by atoms with Crippen LogP contribution < -0.4 is 0 Å². The predicted octanol–water partition coefficient (Wildman–Crippen LogP) is 20.7.